The number of carbonyl (C=O) groups is 1. The quantitative estimate of drug-likeness (QED) is 0.523. The highest BCUT2D eigenvalue weighted by Gasteiger charge is 2.16. The molecule has 0 fully saturated rings. The molecule has 0 amide bonds. The van der Waals surface area contributed by atoms with Crippen LogP contribution in [0.5, 0.6) is 0 Å². The van der Waals surface area contributed by atoms with Gasteiger partial charge in [0.1, 0.15) is 5.52 Å². The molecule has 0 saturated heterocycles. The second-order valence-corrected chi connectivity index (χ2v) is 5.73. The SMILES string of the molecule is CCc1ccc(C=C(CC(=O)O)c2nc3ccccc3o2)cc1[N+](=O)[O-]. The number of nitro benzene ring substituents is 1. The van der Waals surface area contributed by atoms with Crippen molar-refractivity contribution in [2.75, 3.05) is 0 Å². The number of aryl methyl sites for hydroxylation is 1. The number of rotatable bonds is 6. The summed E-state index contributed by atoms with van der Waals surface area (Å²) in [5.41, 5.74) is 2.65. The third kappa shape index (κ3) is 3.61. The topological polar surface area (TPSA) is 106 Å². The van der Waals surface area contributed by atoms with Gasteiger partial charge in [0.25, 0.3) is 5.69 Å². The Labute approximate surface area is 148 Å². The van der Waals surface area contributed by atoms with Gasteiger partial charge in [-0.05, 0) is 30.2 Å². The molecule has 0 spiro atoms. The lowest BCUT2D eigenvalue weighted by Gasteiger charge is -2.04. The Morgan fingerprint density at radius 3 is 2.73 bits per heavy atom. The molecule has 0 aliphatic heterocycles. The van der Waals surface area contributed by atoms with Crippen LogP contribution in [-0.2, 0) is 11.2 Å². The van der Waals surface area contributed by atoms with E-state index in [4.69, 9.17) is 4.42 Å². The van der Waals surface area contributed by atoms with E-state index in [1.165, 1.54) is 6.07 Å². The Bertz CT molecular complexity index is 987. The molecule has 26 heavy (non-hydrogen) atoms. The van der Waals surface area contributed by atoms with Crippen LogP contribution in [0.25, 0.3) is 22.7 Å². The summed E-state index contributed by atoms with van der Waals surface area (Å²) in [7, 11) is 0. The largest absolute Gasteiger partial charge is 0.481 e. The van der Waals surface area contributed by atoms with E-state index in [1.807, 2.05) is 13.0 Å². The fourth-order valence-corrected chi connectivity index (χ4v) is 2.70. The number of hydrogen-bond acceptors (Lipinski definition) is 5. The Hall–Kier alpha value is -3.48. The standard InChI is InChI=1S/C19H16N2O5/c1-2-13-8-7-12(10-16(13)21(24)25)9-14(11-18(22)23)19-20-15-5-3-4-6-17(15)26-19/h3-10H,2,11H2,1H3,(H,22,23). The number of nitro groups is 1. The molecule has 0 aliphatic carbocycles. The third-order valence-corrected chi connectivity index (χ3v) is 3.94. The van der Waals surface area contributed by atoms with Gasteiger partial charge in [0.15, 0.2) is 5.58 Å². The molecule has 0 unspecified atom stereocenters. The highest BCUT2D eigenvalue weighted by Crippen LogP contribution is 2.27. The highest BCUT2D eigenvalue weighted by atomic mass is 16.6. The fourth-order valence-electron chi connectivity index (χ4n) is 2.70. The zero-order chi connectivity index (χ0) is 18.7. The van der Waals surface area contributed by atoms with Crippen molar-refractivity contribution in [2.24, 2.45) is 0 Å². The normalized spacial score (nSPS) is 11.7. The molecular weight excluding hydrogens is 336 g/mol. The van der Waals surface area contributed by atoms with Crippen LogP contribution >= 0.6 is 0 Å². The summed E-state index contributed by atoms with van der Waals surface area (Å²) < 4.78 is 5.65. The Morgan fingerprint density at radius 1 is 1.31 bits per heavy atom. The second kappa shape index (κ2) is 7.18. The molecule has 0 atom stereocenters. The summed E-state index contributed by atoms with van der Waals surface area (Å²) in [6, 6.07) is 11.9. The van der Waals surface area contributed by atoms with Gasteiger partial charge < -0.3 is 9.52 Å². The summed E-state index contributed by atoms with van der Waals surface area (Å²) in [5, 5.41) is 20.4. The lowest BCUT2D eigenvalue weighted by molar-refractivity contribution is -0.385. The van der Waals surface area contributed by atoms with Crippen molar-refractivity contribution in [3.8, 4) is 0 Å². The number of nitrogens with zero attached hydrogens (tertiary/aromatic N) is 2. The summed E-state index contributed by atoms with van der Waals surface area (Å²) in [5.74, 6) is -0.853. The summed E-state index contributed by atoms with van der Waals surface area (Å²) in [6.45, 7) is 1.84. The number of aliphatic carboxylic acids is 1. The Morgan fingerprint density at radius 2 is 2.08 bits per heavy atom. The maximum absolute atomic E-state index is 11.2. The number of para-hydroxylation sites is 2. The van der Waals surface area contributed by atoms with Crippen molar-refractivity contribution in [3.05, 3.63) is 69.6 Å². The van der Waals surface area contributed by atoms with Crippen molar-refractivity contribution in [2.45, 2.75) is 19.8 Å². The molecule has 0 saturated carbocycles. The number of fused-ring (bicyclic) bond motifs is 1. The predicted molar refractivity (Wildman–Crippen MR) is 96.6 cm³/mol. The van der Waals surface area contributed by atoms with Crippen LogP contribution in [0, 0.1) is 10.1 Å². The van der Waals surface area contributed by atoms with Crippen molar-refractivity contribution in [1.82, 2.24) is 4.98 Å². The number of carboxylic acid groups (broad SMARTS) is 1. The Kier molecular flexibility index (Phi) is 4.79. The van der Waals surface area contributed by atoms with Crippen LogP contribution in [0.15, 0.2) is 46.9 Å². The number of hydrogen-bond donors (Lipinski definition) is 1. The van der Waals surface area contributed by atoms with E-state index in [9.17, 15) is 20.0 Å². The maximum atomic E-state index is 11.2. The summed E-state index contributed by atoms with van der Waals surface area (Å²) in [4.78, 5) is 26.4. The van der Waals surface area contributed by atoms with Gasteiger partial charge in [-0.25, -0.2) is 4.98 Å². The first-order valence-electron chi connectivity index (χ1n) is 8.03. The minimum Gasteiger partial charge on any atom is -0.481 e. The maximum Gasteiger partial charge on any atom is 0.308 e. The molecular formula is C19H16N2O5. The van der Waals surface area contributed by atoms with Gasteiger partial charge in [-0.3, -0.25) is 14.9 Å². The first-order chi connectivity index (χ1) is 12.5. The van der Waals surface area contributed by atoms with Gasteiger partial charge in [0, 0.05) is 17.2 Å². The zero-order valence-corrected chi connectivity index (χ0v) is 14.0. The molecule has 0 radical (unpaired) electrons. The number of benzene rings is 2. The lowest BCUT2D eigenvalue weighted by Crippen LogP contribution is -1.98. The zero-order valence-electron chi connectivity index (χ0n) is 14.0. The molecule has 7 heteroatoms. The second-order valence-electron chi connectivity index (χ2n) is 5.73. The Balaban J connectivity index is 2.09. The number of carboxylic acids is 1. The molecule has 1 aromatic heterocycles. The average molecular weight is 352 g/mol. The van der Waals surface area contributed by atoms with Crippen LogP contribution in [0.1, 0.15) is 30.4 Å². The number of aromatic nitrogens is 1. The van der Waals surface area contributed by atoms with Crippen LogP contribution < -0.4 is 0 Å². The van der Waals surface area contributed by atoms with Crippen LogP contribution in [0.2, 0.25) is 0 Å². The molecule has 3 rings (SSSR count). The van der Waals surface area contributed by atoms with Crippen molar-refractivity contribution < 1.29 is 19.2 Å². The van der Waals surface area contributed by atoms with E-state index < -0.39 is 10.9 Å². The van der Waals surface area contributed by atoms with Crippen LogP contribution in [0.4, 0.5) is 5.69 Å². The van der Waals surface area contributed by atoms with Crippen LogP contribution in [0.3, 0.4) is 0 Å². The minimum absolute atomic E-state index is 0.00786. The minimum atomic E-state index is -1.04. The van der Waals surface area contributed by atoms with Gasteiger partial charge >= 0.3 is 5.97 Å². The molecule has 0 aliphatic rings. The third-order valence-electron chi connectivity index (χ3n) is 3.94. The molecule has 132 valence electrons. The number of oxazole rings is 1. The van der Waals surface area contributed by atoms with Crippen molar-refractivity contribution in [3.63, 3.8) is 0 Å². The average Bonchev–Trinajstić information content (AvgIpc) is 3.04. The molecule has 7 nitrogen and oxygen atoms in total. The summed E-state index contributed by atoms with van der Waals surface area (Å²) in [6.07, 6.45) is 1.79. The van der Waals surface area contributed by atoms with Gasteiger partial charge in [0.2, 0.25) is 5.89 Å². The van der Waals surface area contributed by atoms with Gasteiger partial charge in [0.05, 0.1) is 11.3 Å². The fraction of sp³-hybridized carbons (Fsp3) is 0.158. The summed E-state index contributed by atoms with van der Waals surface area (Å²) >= 11 is 0. The molecule has 2 aromatic carbocycles. The lowest BCUT2D eigenvalue weighted by atomic mass is 10.0. The van der Waals surface area contributed by atoms with Crippen molar-refractivity contribution >= 4 is 34.4 Å². The predicted octanol–water partition coefficient (Wildman–Crippen LogP) is 4.31. The van der Waals surface area contributed by atoms with Crippen molar-refractivity contribution in [1.29, 1.82) is 0 Å². The first kappa shape index (κ1) is 17.3. The monoisotopic (exact) mass is 352 g/mol. The smallest absolute Gasteiger partial charge is 0.308 e. The first-order valence-corrected chi connectivity index (χ1v) is 8.03. The van der Waals surface area contributed by atoms with Gasteiger partial charge in [-0.1, -0.05) is 31.2 Å². The molecule has 1 N–H and O–H groups in total. The van der Waals surface area contributed by atoms with E-state index >= 15 is 0 Å². The van der Waals surface area contributed by atoms with E-state index in [-0.39, 0.29) is 18.0 Å². The van der Waals surface area contributed by atoms with Gasteiger partial charge in [-0.2, -0.15) is 0 Å². The van der Waals surface area contributed by atoms with E-state index in [0.717, 1.165) is 0 Å². The van der Waals surface area contributed by atoms with E-state index in [0.29, 0.717) is 34.2 Å². The molecule has 1 heterocycles. The van der Waals surface area contributed by atoms with E-state index in [1.54, 1.807) is 36.4 Å². The molecule has 3 aromatic rings. The van der Waals surface area contributed by atoms with Gasteiger partial charge in [-0.15, -0.1) is 0 Å². The molecule has 0 bridgehead atoms. The van der Waals surface area contributed by atoms with Crippen LogP contribution in [-0.4, -0.2) is 21.0 Å². The highest BCUT2D eigenvalue weighted by molar-refractivity contribution is 5.91. The van der Waals surface area contributed by atoms with E-state index in [2.05, 4.69) is 4.98 Å².